The molecule has 136 valence electrons. The minimum Gasteiger partial charge on any atom is -0.497 e. The molecule has 0 fully saturated rings. The first kappa shape index (κ1) is 19.0. The molecule has 0 bridgehead atoms. The second-order valence-corrected chi connectivity index (χ2v) is 5.71. The molecule has 0 saturated carbocycles. The zero-order valence-electron chi connectivity index (χ0n) is 14.7. The van der Waals surface area contributed by atoms with Gasteiger partial charge in [0.15, 0.2) is 5.11 Å². The largest absolute Gasteiger partial charge is 0.497 e. The highest BCUT2D eigenvalue weighted by molar-refractivity contribution is 7.80. The normalized spacial score (nSPS) is 16.8. The van der Waals surface area contributed by atoms with Crippen molar-refractivity contribution in [1.29, 1.82) is 0 Å². The highest BCUT2D eigenvalue weighted by Crippen LogP contribution is 2.35. The average molecular weight is 366 g/mol. The summed E-state index contributed by atoms with van der Waals surface area (Å²) in [7, 11) is 4.69. The average Bonchev–Trinajstić information content (AvgIpc) is 2.60. The van der Waals surface area contributed by atoms with Gasteiger partial charge in [0.05, 0.1) is 32.4 Å². The van der Waals surface area contributed by atoms with Crippen molar-refractivity contribution < 1.29 is 23.7 Å². The Hall–Kier alpha value is -2.32. The molecule has 2 rings (SSSR count). The van der Waals surface area contributed by atoms with Crippen LogP contribution in [0.2, 0.25) is 0 Å². The number of allylic oxidation sites excluding steroid dienone is 1. The van der Waals surface area contributed by atoms with Crippen LogP contribution < -0.4 is 20.1 Å². The van der Waals surface area contributed by atoms with Gasteiger partial charge in [0.1, 0.15) is 18.1 Å². The lowest BCUT2D eigenvalue weighted by molar-refractivity contribution is -0.140. The van der Waals surface area contributed by atoms with Crippen LogP contribution >= 0.6 is 12.2 Å². The van der Waals surface area contributed by atoms with Crippen LogP contribution in [0.5, 0.6) is 11.5 Å². The number of esters is 1. The number of ether oxygens (including phenoxy) is 4. The fraction of sp³-hybridized carbons (Fsp3) is 0.412. The molecule has 1 aliphatic heterocycles. The van der Waals surface area contributed by atoms with Crippen LogP contribution in [0, 0.1) is 0 Å². The van der Waals surface area contributed by atoms with Crippen LogP contribution in [-0.2, 0) is 14.3 Å². The number of carbonyl (C=O) groups excluding carboxylic acids is 1. The second-order valence-electron chi connectivity index (χ2n) is 5.31. The van der Waals surface area contributed by atoms with Crippen molar-refractivity contribution >= 4 is 23.3 Å². The molecule has 1 aromatic carbocycles. The van der Waals surface area contributed by atoms with Crippen LogP contribution in [0.25, 0.3) is 0 Å². The summed E-state index contributed by atoms with van der Waals surface area (Å²) in [6.07, 6.45) is 0. The number of hydrogen-bond acceptors (Lipinski definition) is 6. The first-order chi connectivity index (χ1) is 12.0. The van der Waals surface area contributed by atoms with Crippen molar-refractivity contribution in [2.45, 2.75) is 13.0 Å². The van der Waals surface area contributed by atoms with Crippen molar-refractivity contribution in [1.82, 2.24) is 10.6 Å². The lowest BCUT2D eigenvalue weighted by atomic mass is 9.94. The molecular formula is C17H22N2O5S. The molecule has 1 heterocycles. The quantitative estimate of drug-likeness (QED) is 0.429. The van der Waals surface area contributed by atoms with Gasteiger partial charge in [-0.05, 0) is 31.3 Å². The molecule has 8 heteroatoms. The van der Waals surface area contributed by atoms with Gasteiger partial charge in [-0.2, -0.15) is 0 Å². The Kier molecular flexibility index (Phi) is 6.60. The summed E-state index contributed by atoms with van der Waals surface area (Å²) in [5.74, 6) is 0.790. The van der Waals surface area contributed by atoms with Crippen LogP contribution in [0.1, 0.15) is 18.5 Å². The standard InChI is InChI=1S/C17H22N2O5S/c1-10-14(16(20)24-8-7-21-2)15(19-17(25)18-10)12-6-5-11(22-3)9-13(12)23-4/h5-6,9,15H,7-8H2,1-4H3,(H2,18,19,25)/t15-/m1/s1. The van der Waals surface area contributed by atoms with Crippen LogP contribution in [-0.4, -0.2) is 45.6 Å². The maximum atomic E-state index is 12.6. The van der Waals surface area contributed by atoms with Gasteiger partial charge >= 0.3 is 5.97 Å². The minimum atomic E-state index is -0.496. The molecule has 0 amide bonds. The molecule has 1 aromatic rings. The van der Waals surface area contributed by atoms with Crippen LogP contribution in [0.3, 0.4) is 0 Å². The van der Waals surface area contributed by atoms with Gasteiger partial charge in [0, 0.05) is 24.4 Å². The van der Waals surface area contributed by atoms with Gasteiger partial charge in [-0.25, -0.2) is 4.79 Å². The van der Waals surface area contributed by atoms with E-state index in [0.717, 1.165) is 5.56 Å². The van der Waals surface area contributed by atoms with E-state index >= 15 is 0 Å². The summed E-state index contributed by atoms with van der Waals surface area (Å²) in [6.45, 7) is 2.28. The van der Waals surface area contributed by atoms with Crippen molar-refractivity contribution in [3.05, 3.63) is 35.0 Å². The first-order valence-electron chi connectivity index (χ1n) is 7.68. The Labute approximate surface area is 152 Å². The molecule has 0 aliphatic carbocycles. The van der Waals surface area contributed by atoms with E-state index in [0.29, 0.717) is 34.5 Å². The fourth-order valence-electron chi connectivity index (χ4n) is 2.55. The van der Waals surface area contributed by atoms with Gasteiger partial charge in [0.25, 0.3) is 0 Å². The highest BCUT2D eigenvalue weighted by Gasteiger charge is 2.32. The summed E-state index contributed by atoms with van der Waals surface area (Å²) < 4.78 is 20.9. The van der Waals surface area contributed by atoms with Gasteiger partial charge in [-0.1, -0.05) is 0 Å². The number of methoxy groups -OCH3 is 3. The molecule has 0 spiro atoms. The second kappa shape index (κ2) is 8.68. The summed E-state index contributed by atoms with van der Waals surface area (Å²) in [5, 5.41) is 6.49. The summed E-state index contributed by atoms with van der Waals surface area (Å²) >= 11 is 5.24. The molecular weight excluding hydrogens is 344 g/mol. The van der Waals surface area contributed by atoms with Crippen LogP contribution in [0.15, 0.2) is 29.5 Å². The van der Waals surface area contributed by atoms with E-state index in [1.54, 1.807) is 40.4 Å². The number of nitrogens with one attached hydrogen (secondary N) is 2. The topological polar surface area (TPSA) is 78.1 Å². The van der Waals surface area contributed by atoms with Crippen molar-refractivity contribution in [3.63, 3.8) is 0 Å². The van der Waals surface area contributed by atoms with E-state index in [-0.39, 0.29) is 6.61 Å². The van der Waals surface area contributed by atoms with Crippen molar-refractivity contribution in [3.8, 4) is 11.5 Å². The Balaban J connectivity index is 2.40. The summed E-state index contributed by atoms with van der Waals surface area (Å²) in [4.78, 5) is 12.6. The SMILES string of the molecule is COCCOC(=O)C1=C(C)NC(=S)N[C@@H]1c1ccc(OC)cc1OC. The number of rotatable bonds is 7. The predicted molar refractivity (Wildman–Crippen MR) is 96.7 cm³/mol. The number of carbonyl (C=O) groups is 1. The Morgan fingerprint density at radius 3 is 2.60 bits per heavy atom. The van der Waals surface area contributed by atoms with Crippen molar-refractivity contribution in [2.75, 3.05) is 34.5 Å². The molecule has 1 atom stereocenters. The lowest BCUT2D eigenvalue weighted by Crippen LogP contribution is -2.45. The Morgan fingerprint density at radius 1 is 1.20 bits per heavy atom. The third-order valence-electron chi connectivity index (χ3n) is 3.76. The molecule has 1 aliphatic rings. The summed E-state index contributed by atoms with van der Waals surface area (Å²) in [5.41, 5.74) is 1.83. The maximum Gasteiger partial charge on any atom is 0.338 e. The van der Waals surface area contributed by atoms with Gasteiger partial charge in [-0.3, -0.25) is 0 Å². The third-order valence-corrected chi connectivity index (χ3v) is 3.98. The van der Waals surface area contributed by atoms with E-state index in [9.17, 15) is 4.79 Å². The molecule has 0 aromatic heterocycles. The zero-order chi connectivity index (χ0) is 18.4. The van der Waals surface area contributed by atoms with Gasteiger partial charge in [0.2, 0.25) is 0 Å². The van der Waals surface area contributed by atoms with E-state index < -0.39 is 12.0 Å². The van der Waals surface area contributed by atoms with Crippen molar-refractivity contribution in [2.24, 2.45) is 0 Å². The maximum absolute atomic E-state index is 12.6. The number of thiocarbonyl (C=S) groups is 1. The molecule has 0 saturated heterocycles. The molecule has 0 radical (unpaired) electrons. The van der Waals surface area contributed by atoms with E-state index in [4.69, 9.17) is 31.2 Å². The summed E-state index contributed by atoms with van der Waals surface area (Å²) in [6, 6.07) is 4.89. The van der Waals surface area contributed by atoms with Gasteiger partial charge < -0.3 is 29.6 Å². The monoisotopic (exact) mass is 366 g/mol. The smallest absolute Gasteiger partial charge is 0.338 e. The van der Waals surface area contributed by atoms with Gasteiger partial charge in [-0.15, -0.1) is 0 Å². The molecule has 7 nitrogen and oxygen atoms in total. The molecule has 2 N–H and O–H groups in total. The molecule has 0 unspecified atom stereocenters. The van der Waals surface area contributed by atoms with E-state index in [2.05, 4.69) is 10.6 Å². The fourth-order valence-corrected chi connectivity index (χ4v) is 2.82. The highest BCUT2D eigenvalue weighted by atomic mass is 32.1. The minimum absolute atomic E-state index is 0.170. The number of benzene rings is 1. The zero-order valence-corrected chi connectivity index (χ0v) is 15.5. The van der Waals surface area contributed by atoms with Crippen LogP contribution in [0.4, 0.5) is 0 Å². The predicted octanol–water partition coefficient (Wildman–Crippen LogP) is 1.69. The Morgan fingerprint density at radius 2 is 1.96 bits per heavy atom. The Bertz CT molecular complexity index is 690. The number of hydrogen-bond donors (Lipinski definition) is 2. The molecule has 25 heavy (non-hydrogen) atoms. The van der Waals surface area contributed by atoms with E-state index in [1.165, 1.54) is 0 Å². The van der Waals surface area contributed by atoms with E-state index in [1.807, 2.05) is 6.07 Å². The first-order valence-corrected chi connectivity index (χ1v) is 8.09. The lowest BCUT2D eigenvalue weighted by Gasteiger charge is -2.30. The third kappa shape index (κ3) is 4.40.